The summed E-state index contributed by atoms with van der Waals surface area (Å²) in [4.78, 5) is 0. The van der Waals surface area contributed by atoms with Crippen LogP contribution < -0.4 is 10.4 Å². The summed E-state index contributed by atoms with van der Waals surface area (Å²) in [5.41, 5.74) is 0. The quantitative estimate of drug-likeness (QED) is 0.253. The van der Waals surface area contributed by atoms with Crippen LogP contribution in [0.25, 0.3) is 0 Å². The first-order valence-electron chi connectivity index (χ1n) is 12.8. The molecule has 1 fully saturated rings. The Balaban J connectivity index is 1.86. The first-order chi connectivity index (χ1) is 15.8. The molecule has 0 unspecified atom stereocenters. The molecule has 1 aliphatic rings. The fourth-order valence-corrected chi connectivity index (χ4v) is 12.7. The summed E-state index contributed by atoms with van der Waals surface area (Å²) >= 11 is 0. The molecule has 0 bridgehead atoms. The van der Waals surface area contributed by atoms with Gasteiger partial charge in [-0.1, -0.05) is 102 Å². The minimum Gasteiger partial charge on any atom is -0.414 e. The Kier molecular flexibility index (Phi) is 9.15. The third-order valence-electron chi connectivity index (χ3n) is 7.45. The molecule has 5 heteroatoms. The van der Waals surface area contributed by atoms with Crippen molar-refractivity contribution in [3.8, 4) is 0 Å². The SMILES string of the molecule is CC[Si](CC)(CC)O[C@@H](CCO[Si](c1ccccc1)(c1ccccc1)C(C)(C)C)C[C@H]1CO1. The summed E-state index contributed by atoms with van der Waals surface area (Å²) in [6, 6.07) is 25.4. The van der Waals surface area contributed by atoms with Crippen molar-refractivity contribution in [2.45, 2.75) is 89.8 Å². The monoisotopic (exact) mass is 484 g/mol. The second kappa shape index (κ2) is 11.5. The van der Waals surface area contributed by atoms with Crippen LogP contribution in [0.3, 0.4) is 0 Å². The zero-order chi connectivity index (χ0) is 24.0. The van der Waals surface area contributed by atoms with Gasteiger partial charge < -0.3 is 13.6 Å². The van der Waals surface area contributed by atoms with E-state index in [1.807, 2.05) is 0 Å². The molecule has 0 aromatic heterocycles. The predicted octanol–water partition coefficient (Wildman–Crippen LogP) is 6.13. The second-order valence-corrected chi connectivity index (χ2v) is 19.5. The van der Waals surface area contributed by atoms with Gasteiger partial charge in [0.05, 0.1) is 12.7 Å². The number of hydrogen-bond acceptors (Lipinski definition) is 3. The van der Waals surface area contributed by atoms with Crippen molar-refractivity contribution >= 4 is 27.0 Å². The van der Waals surface area contributed by atoms with Crippen molar-refractivity contribution in [1.82, 2.24) is 0 Å². The molecule has 3 nitrogen and oxygen atoms in total. The van der Waals surface area contributed by atoms with Crippen LogP contribution in [0.4, 0.5) is 0 Å². The highest BCUT2D eigenvalue weighted by Gasteiger charge is 2.50. The van der Waals surface area contributed by atoms with Gasteiger partial charge in [-0.3, -0.25) is 0 Å². The molecule has 0 radical (unpaired) electrons. The van der Waals surface area contributed by atoms with Crippen LogP contribution in [0.2, 0.25) is 23.2 Å². The smallest absolute Gasteiger partial charge is 0.261 e. The molecule has 1 aliphatic heterocycles. The van der Waals surface area contributed by atoms with Crippen LogP contribution in [0.15, 0.2) is 60.7 Å². The van der Waals surface area contributed by atoms with E-state index in [9.17, 15) is 0 Å². The van der Waals surface area contributed by atoms with Gasteiger partial charge in [0.25, 0.3) is 8.32 Å². The van der Waals surface area contributed by atoms with Gasteiger partial charge in [0, 0.05) is 19.1 Å². The predicted molar refractivity (Wildman–Crippen MR) is 145 cm³/mol. The summed E-state index contributed by atoms with van der Waals surface area (Å²) < 4.78 is 19.7. The van der Waals surface area contributed by atoms with Gasteiger partial charge in [0.15, 0.2) is 8.32 Å². The molecule has 0 N–H and O–H groups in total. The lowest BCUT2D eigenvalue weighted by Gasteiger charge is -2.43. The zero-order valence-electron chi connectivity index (χ0n) is 21.6. The number of hydrogen-bond donors (Lipinski definition) is 0. The summed E-state index contributed by atoms with van der Waals surface area (Å²) in [7, 11) is -4.18. The summed E-state index contributed by atoms with van der Waals surface area (Å²) in [6.45, 7) is 15.5. The zero-order valence-corrected chi connectivity index (χ0v) is 23.6. The average Bonchev–Trinajstić information content (AvgIpc) is 3.64. The van der Waals surface area contributed by atoms with E-state index >= 15 is 0 Å². The minimum absolute atomic E-state index is 0.000424. The van der Waals surface area contributed by atoms with Gasteiger partial charge in [-0.2, -0.15) is 0 Å². The lowest BCUT2D eigenvalue weighted by Crippen LogP contribution is -2.66. The lowest BCUT2D eigenvalue weighted by molar-refractivity contribution is 0.129. The molecule has 3 rings (SSSR count). The molecule has 0 amide bonds. The van der Waals surface area contributed by atoms with E-state index in [0.717, 1.165) is 19.4 Å². The van der Waals surface area contributed by atoms with Crippen LogP contribution in [0.5, 0.6) is 0 Å². The molecule has 33 heavy (non-hydrogen) atoms. The van der Waals surface area contributed by atoms with Crippen LogP contribution in [-0.4, -0.2) is 42.1 Å². The van der Waals surface area contributed by atoms with Crippen molar-refractivity contribution in [2.24, 2.45) is 0 Å². The molecular formula is C28H44O3Si2. The number of rotatable bonds is 13. The summed E-state index contributed by atoms with van der Waals surface area (Å²) in [5, 5.41) is 2.68. The third kappa shape index (κ3) is 6.26. The van der Waals surface area contributed by atoms with Gasteiger partial charge in [-0.25, -0.2) is 0 Å². The van der Waals surface area contributed by atoms with E-state index in [1.54, 1.807) is 0 Å². The Hall–Kier alpha value is -1.25. The molecule has 1 heterocycles. The fraction of sp³-hybridized carbons (Fsp3) is 0.571. The van der Waals surface area contributed by atoms with E-state index < -0.39 is 16.6 Å². The first-order valence-corrected chi connectivity index (χ1v) is 17.3. The molecule has 182 valence electrons. The van der Waals surface area contributed by atoms with E-state index in [0.29, 0.717) is 12.7 Å². The van der Waals surface area contributed by atoms with E-state index in [2.05, 4.69) is 102 Å². The summed E-state index contributed by atoms with van der Waals surface area (Å²) in [5.74, 6) is 0. The number of ether oxygens (including phenoxy) is 1. The Bertz CT molecular complexity index is 779. The Labute approximate surface area is 204 Å². The highest BCUT2D eigenvalue weighted by molar-refractivity contribution is 6.99. The normalized spacial score (nSPS) is 17.7. The molecule has 2 aromatic carbocycles. The average molecular weight is 485 g/mol. The van der Waals surface area contributed by atoms with Gasteiger partial charge in [0.1, 0.15) is 0 Å². The third-order valence-corrected chi connectivity index (χ3v) is 17.2. The van der Waals surface area contributed by atoms with Crippen LogP contribution in [0.1, 0.15) is 54.4 Å². The van der Waals surface area contributed by atoms with E-state index in [1.165, 1.54) is 28.5 Å². The van der Waals surface area contributed by atoms with E-state index in [-0.39, 0.29) is 11.1 Å². The molecule has 2 aromatic rings. The maximum atomic E-state index is 7.15. The maximum absolute atomic E-state index is 7.15. The van der Waals surface area contributed by atoms with Gasteiger partial charge >= 0.3 is 0 Å². The van der Waals surface area contributed by atoms with Gasteiger partial charge in [-0.05, 0) is 40.0 Å². The van der Waals surface area contributed by atoms with Crippen molar-refractivity contribution in [3.63, 3.8) is 0 Å². The van der Waals surface area contributed by atoms with E-state index in [4.69, 9.17) is 13.6 Å². The maximum Gasteiger partial charge on any atom is 0.261 e. The molecule has 2 atom stereocenters. The Morgan fingerprint density at radius 3 is 1.76 bits per heavy atom. The van der Waals surface area contributed by atoms with Crippen molar-refractivity contribution in [2.75, 3.05) is 13.2 Å². The van der Waals surface area contributed by atoms with Crippen molar-refractivity contribution in [1.29, 1.82) is 0 Å². The molecule has 0 saturated carbocycles. The molecular weight excluding hydrogens is 440 g/mol. The largest absolute Gasteiger partial charge is 0.414 e. The van der Waals surface area contributed by atoms with Crippen LogP contribution in [-0.2, 0) is 13.6 Å². The fourth-order valence-electron chi connectivity index (χ4n) is 5.18. The standard InChI is InChI=1S/C28H44O3Si2/c1-7-32(8-2,9-3)31-24(22-25-23-29-25)20-21-30-33(28(4,5)6,26-16-12-10-13-17-26)27-18-14-11-15-19-27/h10-19,24-25H,7-9,20-23H2,1-6H3/t24-,25-/m0/s1. The van der Waals surface area contributed by atoms with Crippen molar-refractivity contribution < 1.29 is 13.6 Å². The first kappa shape index (κ1) is 26.4. The van der Waals surface area contributed by atoms with Crippen molar-refractivity contribution in [3.05, 3.63) is 60.7 Å². The summed E-state index contributed by atoms with van der Waals surface area (Å²) in [6.07, 6.45) is 2.53. The van der Waals surface area contributed by atoms with Crippen LogP contribution >= 0.6 is 0 Å². The topological polar surface area (TPSA) is 31.0 Å². The van der Waals surface area contributed by atoms with Crippen LogP contribution in [0, 0.1) is 0 Å². The second-order valence-electron chi connectivity index (χ2n) is 10.5. The molecule has 0 spiro atoms. The Morgan fingerprint density at radius 2 is 1.36 bits per heavy atom. The van der Waals surface area contributed by atoms with Gasteiger partial charge in [-0.15, -0.1) is 0 Å². The highest BCUT2D eigenvalue weighted by Crippen LogP contribution is 2.37. The van der Waals surface area contributed by atoms with Gasteiger partial charge in [0.2, 0.25) is 0 Å². The number of epoxide rings is 1. The molecule has 0 aliphatic carbocycles. The number of benzene rings is 2. The Morgan fingerprint density at radius 1 is 0.879 bits per heavy atom. The highest BCUT2D eigenvalue weighted by atomic mass is 28.4. The minimum atomic E-state index is -2.50. The molecule has 1 saturated heterocycles. The lowest BCUT2D eigenvalue weighted by atomic mass is 10.1.